The van der Waals surface area contributed by atoms with Gasteiger partial charge in [0.1, 0.15) is 6.54 Å². The topological polar surface area (TPSA) is 107 Å². The van der Waals surface area contributed by atoms with Gasteiger partial charge in [0.2, 0.25) is 5.91 Å². The number of rotatable bonds is 3. The molecule has 8 nitrogen and oxygen atoms in total. The summed E-state index contributed by atoms with van der Waals surface area (Å²) < 4.78 is 0. The summed E-state index contributed by atoms with van der Waals surface area (Å²) in [6, 6.07) is -0.583. The zero-order valence-electron chi connectivity index (χ0n) is 10.5. The maximum absolute atomic E-state index is 12.0. The van der Waals surface area contributed by atoms with Crippen LogP contribution >= 0.6 is 0 Å². The van der Waals surface area contributed by atoms with E-state index in [2.05, 4.69) is 5.32 Å². The lowest BCUT2D eigenvalue weighted by molar-refractivity contribution is -0.142. The molecular weight excluding hydrogens is 254 g/mol. The summed E-state index contributed by atoms with van der Waals surface area (Å²) in [4.78, 5) is 47.8. The van der Waals surface area contributed by atoms with Crippen LogP contribution in [0.1, 0.15) is 6.92 Å². The minimum absolute atomic E-state index is 0.0970. The van der Waals surface area contributed by atoms with Gasteiger partial charge in [0.05, 0.1) is 12.5 Å². The maximum atomic E-state index is 12.0. The average molecular weight is 269 g/mol. The molecule has 2 heterocycles. The van der Waals surface area contributed by atoms with Crippen molar-refractivity contribution < 1.29 is 24.3 Å². The van der Waals surface area contributed by atoms with Crippen LogP contribution in [-0.2, 0) is 14.4 Å². The van der Waals surface area contributed by atoms with Crippen LogP contribution in [0.4, 0.5) is 4.79 Å². The van der Waals surface area contributed by atoms with Crippen molar-refractivity contribution in [2.75, 3.05) is 26.2 Å². The third-order valence-electron chi connectivity index (χ3n) is 3.51. The van der Waals surface area contributed by atoms with Crippen LogP contribution in [-0.4, -0.2) is 64.9 Å². The molecule has 8 heteroatoms. The lowest BCUT2D eigenvalue weighted by Crippen LogP contribution is -2.42. The molecule has 2 rings (SSSR count). The Bertz CT molecular complexity index is 434. The molecule has 19 heavy (non-hydrogen) atoms. The van der Waals surface area contributed by atoms with E-state index in [0.717, 1.165) is 4.90 Å². The third kappa shape index (κ3) is 2.51. The summed E-state index contributed by atoms with van der Waals surface area (Å²) >= 11 is 0. The molecular formula is C11H15N3O5. The predicted molar refractivity (Wildman–Crippen MR) is 62.0 cm³/mol. The molecule has 0 aliphatic carbocycles. The second-order valence-corrected chi connectivity index (χ2v) is 4.86. The van der Waals surface area contributed by atoms with E-state index in [4.69, 9.17) is 5.11 Å². The first-order valence-electron chi connectivity index (χ1n) is 5.99. The fraction of sp³-hybridized carbons (Fsp3) is 0.636. The number of nitrogens with one attached hydrogen (secondary N) is 1. The standard InChI is InChI=1S/C11H15N3O5/c1-6-3-13(4-7(6)10(17)18)9(16)5-14-8(15)2-12-11(14)19/h6-7H,2-5H2,1H3,(H,12,19)(H,17,18)/t6-,7-/m1/s1. The summed E-state index contributed by atoms with van der Waals surface area (Å²) in [5.41, 5.74) is 0. The first-order chi connectivity index (χ1) is 8.90. The van der Waals surface area contributed by atoms with Crippen molar-refractivity contribution in [3.05, 3.63) is 0 Å². The van der Waals surface area contributed by atoms with Crippen molar-refractivity contribution in [1.82, 2.24) is 15.1 Å². The van der Waals surface area contributed by atoms with E-state index in [0.29, 0.717) is 6.54 Å². The Hall–Kier alpha value is -2.12. The van der Waals surface area contributed by atoms with Crippen LogP contribution in [0.2, 0.25) is 0 Å². The van der Waals surface area contributed by atoms with E-state index in [9.17, 15) is 19.2 Å². The number of carbonyl (C=O) groups excluding carboxylic acids is 3. The van der Waals surface area contributed by atoms with E-state index >= 15 is 0 Å². The molecule has 2 saturated heterocycles. The highest BCUT2D eigenvalue weighted by Gasteiger charge is 2.39. The second kappa shape index (κ2) is 4.87. The molecule has 2 atom stereocenters. The molecule has 0 radical (unpaired) electrons. The highest BCUT2D eigenvalue weighted by molar-refractivity contribution is 6.04. The zero-order chi connectivity index (χ0) is 14.2. The molecule has 0 aromatic rings. The number of nitrogens with zero attached hydrogens (tertiary/aromatic N) is 2. The Morgan fingerprint density at radius 2 is 2.05 bits per heavy atom. The van der Waals surface area contributed by atoms with Crippen molar-refractivity contribution in [2.45, 2.75) is 6.92 Å². The molecule has 0 saturated carbocycles. The van der Waals surface area contributed by atoms with Gasteiger partial charge in [-0.2, -0.15) is 0 Å². The molecule has 0 aromatic heterocycles. The van der Waals surface area contributed by atoms with Crippen LogP contribution < -0.4 is 5.32 Å². The smallest absolute Gasteiger partial charge is 0.325 e. The van der Waals surface area contributed by atoms with E-state index in [1.54, 1.807) is 6.92 Å². The quantitative estimate of drug-likeness (QED) is 0.620. The summed E-state index contributed by atoms with van der Waals surface area (Å²) in [5, 5.41) is 11.3. The molecule has 4 amide bonds. The van der Waals surface area contributed by atoms with Crippen LogP contribution in [0.5, 0.6) is 0 Å². The number of urea groups is 1. The van der Waals surface area contributed by atoms with E-state index < -0.39 is 29.7 Å². The minimum Gasteiger partial charge on any atom is -0.481 e. The molecule has 0 aromatic carbocycles. The number of hydrogen-bond donors (Lipinski definition) is 2. The van der Waals surface area contributed by atoms with Crippen LogP contribution in [0.25, 0.3) is 0 Å². The first kappa shape index (κ1) is 13.3. The van der Waals surface area contributed by atoms with Crippen LogP contribution in [0, 0.1) is 11.8 Å². The average Bonchev–Trinajstić information content (AvgIpc) is 2.86. The highest BCUT2D eigenvalue weighted by Crippen LogP contribution is 2.23. The van der Waals surface area contributed by atoms with Crippen molar-refractivity contribution >= 4 is 23.8 Å². The van der Waals surface area contributed by atoms with Gasteiger partial charge in [0.15, 0.2) is 0 Å². The normalized spacial score (nSPS) is 26.8. The van der Waals surface area contributed by atoms with Gasteiger partial charge in [0.25, 0.3) is 5.91 Å². The summed E-state index contributed by atoms with van der Waals surface area (Å²) in [6.07, 6.45) is 0. The van der Waals surface area contributed by atoms with Crippen molar-refractivity contribution in [2.24, 2.45) is 11.8 Å². The summed E-state index contributed by atoms with van der Waals surface area (Å²) in [6.45, 7) is 1.79. The molecule has 2 aliphatic heterocycles. The number of carbonyl (C=O) groups is 4. The molecule has 0 bridgehead atoms. The molecule has 0 unspecified atom stereocenters. The number of carboxylic acid groups (broad SMARTS) is 1. The number of aliphatic carboxylic acids is 1. The Kier molecular flexibility index (Phi) is 3.41. The van der Waals surface area contributed by atoms with Gasteiger partial charge in [-0.1, -0.05) is 6.92 Å². The Labute approximate surface area is 109 Å². The van der Waals surface area contributed by atoms with Crippen molar-refractivity contribution in [3.8, 4) is 0 Å². The number of hydrogen-bond acceptors (Lipinski definition) is 4. The zero-order valence-corrected chi connectivity index (χ0v) is 10.5. The molecule has 2 fully saturated rings. The molecule has 2 N–H and O–H groups in total. The Morgan fingerprint density at radius 3 is 2.53 bits per heavy atom. The van der Waals surface area contributed by atoms with Crippen LogP contribution in [0.3, 0.4) is 0 Å². The number of carboxylic acids is 1. The first-order valence-corrected chi connectivity index (χ1v) is 5.99. The fourth-order valence-electron chi connectivity index (χ4n) is 2.34. The fourth-order valence-corrected chi connectivity index (χ4v) is 2.34. The maximum Gasteiger partial charge on any atom is 0.325 e. The van der Waals surface area contributed by atoms with Gasteiger partial charge in [-0.05, 0) is 5.92 Å². The number of imide groups is 1. The van der Waals surface area contributed by atoms with Crippen molar-refractivity contribution in [3.63, 3.8) is 0 Å². The van der Waals surface area contributed by atoms with E-state index in [1.807, 2.05) is 0 Å². The van der Waals surface area contributed by atoms with Gasteiger partial charge >= 0.3 is 12.0 Å². The second-order valence-electron chi connectivity index (χ2n) is 4.86. The lowest BCUT2D eigenvalue weighted by atomic mass is 9.99. The molecule has 104 valence electrons. The Balaban J connectivity index is 1.96. The van der Waals surface area contributed by atoms with Crippen LogP contribution in [0.15, 0.2) is 0 Å². The van der Waals surface area contributed by atoms with Gasteiger partial charge in [-0.25, -0.2) is 4.79 Å². The number of likely N-dealkylation sites (tertiary alicyclic amines) is 1. The van der Waals surface area contributed by atoms with E-state index in [1.165, 1.54) is 4.90 Å². The van der Waals surface area contributed by atoms with E-state index in [-0.39, 0.29) is 25.6 Å². The predicted octanol–water partition coefficient (Wildman–Crippen LogP) is -1.28. The summed E-state index contributed by atoms with van der Waals surface area (Å²) in [5.74, 6) is -2.50. The Morgan fingerprint density at radius 1 is 1.37 bits per heavy atom. The van der Waals surface area contributed by atoms with Gasteiger partial charge in [-0.15, -0.1) is 0 Å². The minimum atomic E-state index is -0.933. The SMILES string of the molecule is C[C@@H]1CN(C(=O)CN2C(=O)CNC2=O)C[C@H]1C(=O)O. The molecule has 0 spiro atoms. The largest absolute Gasteiger partial charge is 0.481 e. The lowest BCUT2D eigenvalue weighted by Gasteiger charge is -2.19. The van der Waals surface area contributed by atoms with Gasteiger partial charge in [-0.3, -0.25) is 19.3 Å². The van der Waals surface area contributed by atoms with Gasteiger partial charge < -0.3 is 15.3 Å². The van der Waals surface area contributed by atoms with Crippen molar-refractivity contribution in [1.29, 1.82) is 0 Å². The van der Waals surface area contributed by atoms with Gasteiger partial charge in [0, 0.05) is 13.1 Å². The monoisotopic (exact) mass is 269 g/mol. The molecule has 2 aliphatic rings. The third-order valence-corrected chi connectivity index (χ3v) is 3.51. The highest BCUT2D eigenvalue weighted by atomic mass is 16.4. The number of amides is 4. The summed E-state index contributed by atoms with van der Waals surface area (Å²) in [7, 11) is 0.